The number of benzene rings is 1. The van der Waals surface area contributed by atoms with Gasteiger partial charge in [-0.05, 0) is 51.0 Å². The second-order valence-corrected chi connectivity index (χ2v) is 6.96. The summed E-state index contributed by atoms with van der Waals surface area (Å²) in [7, 11) is 1.67. The van der Waals surface area contributed by atoms with Gasteiger partial charge in [0.05, 0.1) is 19.3 Å². The van der Waals surface area contributed by atoms with E-state index in [0.29, 0.717) is 25.5 Å². The molecule has 1 atom stereocenters. The van der Waals surface area contributed by atoms with Crippen LogP contribution in [0.1, 0.15) is 44.9 Å². The minimum Gasteiger partial charge on any atom is -0.444 e. The molecule has 0 spiro atoms. The minimum absolute atomic E-state index is 0.332. The van der Waals surface area contributed by atoms with Crippen molar-refractivity contribution in [2.24, 2.45) is 0 Å². The van der Waals surface area contributed by atoms with E-state index >= 15 is 0 Å². The summed E-state index contributed by atoms with van der Waals surface area (Å²) in [4.78, 5) is 25.4. The van der Waals surface area contributed by atoms with E-state index in [1.54, 1.807) is 40.0 Å². The Hall–Kier alpha value is -2.28. The van der Waals surface area contributed by atoms with Crippen LogP contribution in [0.25, 0.3) is 0 Å². The number of rotatable bonds is 3. The number of amides is 2. The predicted molar refractivity (Wildman–Crippen MR) is 92.5 cm³/mol. The number of nitrogens with one attached hydrogen (secondary N) is 1. The summed E-state index contributed by atoms with van der Waals surface area (Å²) in [5, 5.41) is 2.81. The molecular formula is C18H26N2O5. The molecule has 0 aliphatic carbocycles. The van der Waals surface area contributed by atoms with E-state index in [9.17, 15) is 9.59 Å². The molecule has 138 valence electrons. The molecule has 1 aliphatic rings. The summed E-state index contributed by atoms with van der Waals surface area (Å²) in [5.41, 5.74) is 1.22. The van der Waals surface area contributed by atoms with Crippen LogP contribution in [-0.2, 0) is 16.1 Å². The lowest BCUT2D eigenvalue weighted by Crippen LogP contribution is -2.38. The number of hydrogen-bond donors (Lipinski definition) is 1. The molecule has 0 bridgehead atoms. The van der Waals surface area contributed by atoms with Gasteiger partial charge >= 0.3 is 12.2 Å². The van der Waals surface area contributed by atoms with Gasteiger partial charge in [0.25, 0.3) is 0 Å². The normalized spacial score (nSPS) is 16.6. The van der Waals surface area contributed by atoms with Crippen LogP contribution in [0.2, 0.25) is 0 Å². The van der Waals surface area contributed by atoms with Crippen LogP contribution in [0.15, 0.2) is 18.2 Å². The van der Waals surface area contributed by atoms with E-state index in [0.717, 1.165) is 11.1 Å². The number of carbonyl (C=O) groups is 2. The van der Waals surface area contributed by atoms with Gasteiger partial charge in [0.2, 0.25) is 0 Å². The van der Waals surface area contributed by atoms with Crippen molar-refractivity contribution in [3.05, 3.63) is 29.3 Å². The van der Waals surface area contributed by atoms with Crippen molar-refractivity contribution in [2.45, 2.75) is 45.9 Å². The van der Waals surface area contributed by atoms with Crippen molar-refractivity contribution in [1.29, 1.82) is 0 Å². The van der Waals surface area contributed by atoms with Gasteiger partial charge in [-0.2, -0.15) is 0 Å². The van der Waals surface area contributed by atoms with Crippen molar-refractivity contribution in [3.8, 4) is 5.75 Å². The van der Waals surface area contributed by atoms with Crippen LogP contribution in [0.4, 0.5) is 9.59 Å². The maximum atomic E-state index is 12.0. The quantitative estimate of drug-likeness (QED) is 0.905. The second-order valence-electron chi connectivity index (χ2n) is 6.96. The molecule has 1 unspecified atom stereocenters. The molecule has 0 fully saturated rings. The van der Waals surface area contributed by atoms with Crippen molar-refractivity contribution in [2.75, 3.05) is 20.2 Å². The molecule has 2 rings (SSSR count). The summed E-state index contributed by atoms with van der Waals surface area (Å²) in [5.74, 6) is 0.432. The summed E-state index contributed by atoms with van der Waals surface area (Å²) in [6.07, 6.45) is -0.937. The zero-order valence-corrected chi connectivity index (χ0v) is 15.4. The van der Waals surface area contributed by atoms with Crippen molar-refractivity contribution < 1.29 is 23.8 Å². The lowest BCUT2D eigenvalue weighted by atomic mass is 9.99. The summed E-state index contributed by atoms with van der Waals surface area (Å²) in [6.45, 7) is 8.62. The molecule has 0 saturated heterocycles. The third-order valence-electron chi connectivity index (χ3n) is 3.72. The molecule has 25 heavy (non-hydrogen) atoms. The molecule has 0 radical (unpaired) electrons. The Morgan fingerprint density at radius 2 is 2.08 bits per heavy atom. The highest BCUT2D eigenvalue weighted by Gasteiger charge is 2.26. The molecular weight excluding hydrogens is 324 g/mol. The Balaban J connectivity index is 2.14. The first-order valence-electron chi connectivity index (χ1n) is 8.32. The van der Waals surface area contributed by atoms with Crippen LogP contribution in [0, 0.1) is 0 Å². The van der Waals surface area contributed by atoms with E-state index < -0.39 is 17.8 Å². The van der Waals surface area contributed by atoms with Gasteiger partial charge in [-0.3, -0.25) is 0 Å². The largest absolute Gasteiger partial charge is 0.444 e. The Morgan fingerprint density at radius 3 is 2.72 bits per heavy atom. The highest BCUT2D eigenvalue weighted by Crippen LogP contribution is 2.29. The fraction of sp³-hybridized carbons (Fsp3) is 0.556. The lowest BCUT2D eigenvalue weighted by Gasteiger charge is -2.28. The minimum atomic E-state index is -0.579. The zero-order valence-electron chi connectivity index (χ0n) is 15.4. The Morgan fingerprint density at radius 1 is 1.36 bits per heavy atom. The third-order valence-corrected chi connectivity index (χ3v) is 3.72. The average Bonchev–Trinajstić information content (AvgIpc) is 2.52. The van der Waals surface area contributed by atoms with Crippen LogP contribution < -0.4 is 10.1 Å². The summed E-state index contributed by atoms with van der Waals surface area (Å²) >= 11 is 0. The number of nitrogens with zero attached hydrogens (tertiary/aromatic N) is 1. The number of carbonyl (C=O) groups excluding carboxylic acids is 2. The Bertz CT molecular complexity index is 639. The topological polar surface area (TPSA) is 77.1 Å². The molecule has 1 aromatic carbocycles. The van der Waals surface area contributed by atoms with E-state index in [1.807, 2.05) is 13.0 Å². The molecule has 7 heteroatoms. The standard InChI is InChI=1S/C18H26N2O5/c1-6-20(5)17(22)24-13-8-7-12-10-23-11-15(14(12)9-13)19-16(21)25-18(2,3)4/h7-9,15H,6,10-11H2,1-5H3,(H,19,21). The van der Waals surface area contributed by atoms with Crippen LogP contribution >= 0.6 is 0 Å². The smallest absolute Gasteiger partial charge is 0.414 e. The first-order valence-corrected chi connectivity index (χ1v) is 8.32. The monoisotopic (exact) mass is 350 g/mol. The zero-order chi connectivity index (χ0) is 18.6. The summed E-state index contributed by atoms with van der Waals surface area (Å²) in [6, 6.07) is 4.97. The van der Waals surface area contributed by atoms with Gasteiger partial charge in [-0.1, -0.05) is 6.07 Å². The SMILES string of the molecule is CCN(C)C(=O)Oc1ccc2c(c1)C(NC(=O)OC(C)(C)C)COC2. The summed E-state index contributed by atoms with van der Waals surface area (Å²) < 4.78 is 16.2. The van der Waals surface area contributed by atoms with E-state index in [2.05, 4.69) is 5.32 Å². The average molecular weight is 350 g/mol. The van der Waals surface area contributed by atoms with E-state index in [-0.39, 0.29) is 6.04 Å². The Kier molecular flexibility index (Phi) is 5.89. The molecule has 7 nitrogen and oxygen atoms in total. The van der Waals surface area contributed by atoms with E-state index in [1.165, 1.54) is 4.90 Å². The second kappa shape index (κ2) is 7.74. The lowest BCUT2D eigenvalue weighted by molar-refractivity contribution is 0.0389. The van der Waals surface area contributed by atoms with Gasteiger partial charge in [0.1, 0.15) is 11.4 Å². The maximum absolute atomic E-state index is 12.0. The number of alkyl carbamates (subject to hydrolysis) is 1. The van der Waals surface area contributed by atoms with Crippen LogP contribution in [0.3, 0.4) is 0 Å². The van der Waals surface area contributed by atoms with Gasteiger partial charge < -0.3 is 24.4 Å². The van der Waals surface area contributed by atoms with Gasteiger partial charge in [0, 0.05) is 13.6 Å². The molecule has 0 aromatic heterocycles. The van der Waals surface area contributed by atoms with Gasteiger partial charge in [0.15, 0.2) is 0 Å². The number of ether oxygens (including phenoxy) is 3. The van der Waals surface area contributed by atoms with Crippen LogP contribution in [-0.4, -0.2) is 42.9 Å². The molecule has 1 aromatic rings. The van der Waals surface area contributed by atoms with Gasteiger partial charge in [-0.15, -0.1) is 0 Å². The molecule has 1 aliphatic heterocycles. The molecule has 1 heterocycles. The highest BCUT2D eigenvalue weighted by atomic mass is 16.6. The predicted octanol–water partition coefficient (Wildman–Crippen LogP) is 3.23. The molecule has 2 amide bonds. The third kappa shape index (κ3) is 5.35. The fourth-order valence-electron chi connectivity index (χ4n) is 2.35. The van der Waals surface area contributed by atoms with Crippen molar-refractivity contribution in [3.63, 3.8) is 0 Å². The van der Waals surface area contributed by atoms with Crippen molar-refractivity contribution in [1.82, 2.24) is 10.2 Å². The Labute approximate surface area is 148 Å². The number of fused-ring (bicyclic) bond motifs is 1. The van der Waals surface area contributed by atoms with Crippen molar-refractivity contribution >= 4 is 12.2 Å². The van der Waals surface area contributed by atoms with E-state index in [4.69, 9.17) is 14.2 Å². The first-order chi connectivity index (χ1) is 11.7. The highest BCUT2D eigenvalue weighted by molar-refractivity contribution is 5.71. The molecule has 0 saturated carbocycles. The first kappa shape index (κ1) is 19.1. The maximum Gasteiger partial charge on any atom is 0.414 e. The number of hydrogen-bond acceptors (Lipinski definition) is 5. The fourth-order valence-corrected chi connectivity index (χ4v) is 2.35. The van der Waals surface area contributed by atoms with Gasteiger partial charge in [-0.25, -0.2) is 9.59 Å². The van der Waals surface area contributed by atoms with Crippen LogP contribution in [0.5, 0.6) is 5.75 Å². The molecule has 1 N–H and O–H groups in total.